The first-order valence-electron chi connectivity index (χ1n) is 4.96. The van der Waals surface area contributed by atoms with Gasteiger partial charge in [0.15, 0.2) is 0 Å². The van der Waals surface area contributed by atoms with Gasteiger partial charge in [-0.2, -0.15) is 0 Å². The monoisotopic (exact) mass is 355 g/mol. The van der Waals surface area contributed by atoms with Crippen LogP contribution in [0.4, 0.5) is 0 Å². The minimum absolute atomic E-state index is 0.793. The van der Waals surface area contributed by atoms with Gasteiger partial charge >= 0.3 is 0 Å². The van der Waals surface area contributed by atoms with E-state index in [2.05, 4.69) is 50.2 Å². The molecule has 5 heteroatoms. The molecule has 1 N–H and O–H groups in total. The summed E-state index contributed by atoms with van der Waals surface area (Å²) >= 11 is 8.71. The number of hydrogen-bond donors (Lipinski definition) is 1. The zero-order valence-corrected chi connectivity index (χ0v) is 12.7. The molecular weight excluding hydrogens is 342 g/mol. The number of rotatable bonds is 7. The van der Waals surface area contributed by atoms with Gasteiger partial charge in [0.1, 0.15) is 0 Å². The van der Waals surface area contributed by atoms with Crippen LogP contribution in [0.15, 0.2) is 14.3 Å². The van der Waals surface area contributed by atoms with Crippen LogP contribution in [-0.2, 0) is 11.2 Å². The van der Waals surface area contributed by atoms with Crippen LogP contribution in [0.3, 0.4) is 0 Å². The molecule has 15 heavy (non-hydrogen) atoms. The van der Waals surface area contributed by atoms with Crippen molar-refractivity contribution in [1.29, 1.82) is 0 Å². The van der Waals surface area contributed by atoms with Gasteiger partial charge in [-0.1, -0.05) is 6.92 Å². The minimum atomic E-state index is 0.793. The van der Waals surface area contributed by atoms with Crippen LogP contribution in [0.2, 0.25) is 0 Å². The van der Waals surface area contributed by atoms with Crippen molar-refractivity contribution in [3.05, 3.63) is 19.2 Å². The van der Waals surface area contributed by atoms with Gasteiger partial charge in [-0.25, -0.2) is 0 Å². The van der Waals surface area contributed by atoms with Gasteiger partial charge in [-0.05, 0) is 44.5 Å². The lowest BCUT2D eigenvalue weighted by Crippen LogP contribution is -2.19. The molecule has 0 saturated carbocycles. The van der Waals surface area contributed by atoms with E-state index < -0.39 is 0 Å². The molecule has 0 saturated heterocycles. The molecule has 0 fully saturated rings. The molecule has 0 radical (unpaired) electrons. The van der Waals surface area contributed by atoms with Crippen molar-refractivity contribution in [3.8, 4) is 0 Å². The maximum atomic E-state index is 5.50. The van der Waals surface area contributed by atoms with Gasteiger partial charge in [0, 0.05) is 22.3 Å². The fraction of sp³-hybridized carbons (Fsp3) is 0.600. The second-order valence-corrected chi connectivity index (χ2v) is 6.36. The highest BCUT2D eigenvalue weighted by Gasteiger charge is 2.03. The largest absolute Gasteiger partial charge is 0.380 e. The maximum absolute atomic E-state index is 5.50. The van der Waals surface area contributed by atoms with Crippen LogP contribution in [0.5, 0.6) is 0 Å². The maximum Gasteiger partial charge on any atom is 0.0843 e. The Labute approximate surface area is 112 Å². The van der Waals surface area contributed by atoms with E-state index in [1.807, 2.05) is 0 Å². The zero-order valence-electron chi connectivity index (χ0n) is 8.69. The van der Waals surface area contributed by atoms with Crippen LogP contribution < -0.4 is 5.32 Å². The van der Waals surface area contributed by atoms with E-state index in [-0.39, 0.29) is 0 Å². The Morgan fingerprint density at radius 1 is 1.40 bits per heavy atom. The van der Waals surface area contributed by atoms with E-state index in [9.17, 15) is 0 Å². The summed E-state index contributed by atoms with van der Waals surface area (Å²) in [4.78, 5) is 1.34. The van der Waals surface area contributed by atoms with Crippen LogP contribution in [0.1, 0.15) is 11.8 Å². The fourth-order valence-electron chi connectivity index (χ4n) is 1.11. The van der Waals surface area contributed by atoms with Gasteiger partial charge in [-0.3, -0.25) is 0 Å². The second-order valence-electron chi connectivity index (χ2n) is 3.05. The highest BCUT2D eigenvalue weighted by molar-refractivity contribution is 9.13. The van der Waals surface area contributed by atoms with Crippen LogP contribution >= 0.6 is 43.2 Å². The standard InChI is InChI=1S/C10H15Br2NOS/c1-2-13-4-6-14-5-3-8-7-9(11)10(12)15-8/h7,13H,2-6H2,1H3. The average Bonchev–Trinajstić information content (AvgIpc) is 2.52. The molecule has 0 spiro atoms. The van der Waals surface area contributed by atoms with E-state index in [1.165, 1.54) is 4.88 Å². The molecule has 0 aliphatic heterocycles. The Morgan fingerprint density at radius 2 is 2.20 bits per heavy atom. The number of thiophene rings is 1. The molecule has 1 aromatic heterocycles. The van der Waals surface area contributed by atoms with Gasteiger partial charge in [0.25, 0.3) is 0 Å². The highest BCUT2D eigenvalue weighted by atomic mass is 79.9. The van der Waals surface area contributed by atoms with E-state index in [1.54, 1.807) is 11.3 Å². The summed E-state index contributed by atoms with van der Waals surface area (Å²) in [5, 5.41) is 3.22. The van der Waals surface area contributed by atoms with E-state index in [4.69, 9.17) is 4.74 Å². The predicted octanol–water partition coefficient (Wildman–Crippen LogP) is 3.44. The van der Waals surface area contributed by atoms with Gasteiger partial charge in [0.05, 0.1) is 17.0 Å². The van der Waals surface area contributed by atoms with Crippen LogP contribution in [0.25, 0.3) is 0 Å². The first-order valence-corrected chi connectivity index (χ1v) is 7.36. The predicted molar refractivity (Wildman–Crippen MR) is 72.8 cm³/mol. The average molecular weight is 357 g/mol. The third-order valence-electron chi connectivity index (χ3n) is 1.86. The summed E-state index contributed by atoms with van der Waals surface area (Å²) in [6, 6.07) is 2.14. The lowest BCUT2D eigenvalue weighted by atomic mass is 10.4. The van der Waals surface area contributed by atoms with Crippen molar-refractivity contribution in [2.24, 2.45) is 0 Å². The normalized spacial score (nSPS) is 10.9. The third-order valence-corrected chi connectivity index (χ3v) is 5.18. The zero-order chi connectivity index (χ0) is 11.1. The van der Waals surface area contributed by atoms with Gasteiger partial charge in [-0.15, -0.1) is 11.3 Å². The smallest absolute Gasteiger partial charge is 0.0843 e. The number of ether oxygens (including phenoxy) is 1. The Hall–Kier alpha value is 0.580. The topological polar surface area (TPSA) is 21.3 Å². The molecule has 0 bridgehead atoms. The van der Waals surface area contributed by atoms with Crippen LogP contribution in [0, 0.1) is 0 Å². The molecule has 1 heterocycles. The van der Waals surface area contributed by atoms with Crippen molar-refractivity contribution in [2.75, 3.05) is 26.3 Å². The van der Waals surface area contributed by atoms with Gasteiger partial charge < -0.3 is 10.1 Å². The summed E-state index contributed by atoms with van der Waals surface area (Å²) in [7, 11) is 0. The molecule has 0 aliphatic rings. The molecule has 0 unspecified atom stereocenters. The molecule has 86 valence electrons. The van der Waals surface area contributed by atoms with Crippen LogP contribution in [-0.4, -0.2) is 26.3 Å². The summed E-state index contributed by atoms with van der Waals surface area (Å²) < 4.78 is 7.79. The summed E-state index contributed by atoms with van der Waals surface area (Å²) in [6.45, 7) is 5.63. The van der Waals surface area contributed by atoms with E-state index in [0.717, 1.165) is 41.0 Å². The number of hydrogen-bond acceptors (Lipinski definition) is 3. The molecule has 0 amide bonds. The first kappa shape index (κ1) is 13.6. The minimum Gasteiger partial charge on any atom is -0.380 e. The molecule has 0 aliphatic carbocycles. The highest BCUT2D eigenvalue weighted by Crippen LogP contribution is 2.32. The SMILES string of the molecule is CCNCCOCCc1cc(Br)c(Br)s1. The Bertz CT molecular complexity index is 271. The summed E-state index contributed by atoms with van der Waals surface area (Å²) in [5.74, 6) is 0. The van der Waals surface area contributed by atoms with E-state index >= 15 is 0 Å². The lowest BCUT2D eigenvalue weighted by molar-refractivity contribution is 0.140. The summed E-state index contributed by atoms with van der Waals surface area (Å²) in [6.07, 6.45) is 0.987. The fourth-order valence-corrected chi connectivity index (χ4v) is 3.27. The lowest BCUT2D eigenvalue weighted by Gasteiger charge is -2.03. The second kappa shape index (κ2) is 7.79. The Balaban J connectivity index is 2.10. The van der Waals surface area contributed by atoms with Crippen molar-refractivity contribution in [3.63, 3.8) is 0 Å². The van der Waals surface area contributed by atoms with Crippen molar-refractivity contribution in [2.45, 2.75) is 13.3 Å². The Morgan fingerprint density at radius 3 is 2.80 bits per heavy atom. The number of halogens is 2. The number of likely N-dealkylation sites (N-methyl/N-ethyl adjacent to an activating group) is 1. The molecule has 0 atom stereocenters. The summed E-state index contributed by atoms with van der Waals surface area (Å²) in [5.41, 5.74) is 0. The van der Waals surface area contributed by atoms with Crippen molar-refractivity contribution >= 4 is 43.2 Å². The van der Waals surface area contributed by atoms with Gasteiger partial charge in [0.2, 0.25) is 0 Å². The Kier molecular flexibility index (Phi) is 7.08. The molecule has 1 aromatic rings. The number of nitrogens with one attached hydrogen (secondary N) is 1. The van der Waals surface area contributed by atoms with Crippen molar-refractivity contribution < 1.29 is 4.74 Å². The molecule has 0 aromatic carbocycles. The molecule has 1 rings (SSSR count). The first-order chi connectivity index (χ1) is 7.24. The molecule has 2 nitrogen and oxygen atoms in total. The molecular formula is C10H15Br2NOS. The van der Waals surface area contributed by atoms with E-state index in [0.29, 0.717) is 0 Å². The van der Waals surface area contributed by atoms with Crippen molar-refractivity contribution in [1.82, 2.24) is 5.32 Å². The third kappa shape index (κ3) is 5.45. The quantitative estimate of drug-likeness (QED) is 0.755.